The zero-order valence-corrected chi connectivity index (χ0v) is 10.9. The minimum atomic E-state index is 0.266. The van der Waals surface area contributed by atoms with E-state index in [1.807, 2.05) is 0 Å². The monoisotopic (exact) mass is 224 g/mol. The number of aromatic nitrogens is 1. The van der Waals surface area contributed by atoms with Crippen molar-refractivity contribution in [1.82, 2.24) is 4.98 Å². The van der Waals surface area contributed by atoms with Gasteiger partial charge in [0.2, 0.25) is 0 Å². The maximum atomic E-state index is 5.67. The number of nitrogens with two attached hydrogens (primary N) is 1. The molecule has 2 rings (SSSR count). The van der Waals surface area contributed by atoms with E-state index < -0.39 is 0 Å². The molecule has 84 valence electrons. The Labute approximate surface area is 95.9 Å². The molecule has 0 aromatic carbocycles. The summed E-state index contributed by atoms with van der Waals surface area (Å²) in [5.74, 6) is 0. The molecule has 0 saturated carbocycles. The van der Waals surface area contributed by atoms with Crippen LogP contribution < -0.4 is 5.73 Å². The SMILES string of the molecule is CC1(C)Cc2nc(CN)sc2C(C)(C)C1. The summed E-state index contributed by atoms with van der Waals surface area (Å²) >= 11 is 1.81. The van der Waals surface area contributed by atoms with Crippen LogP contribution in [0.3, 0.4) is 0 Å². The van der Waals surface area contributed by atoms with Crippen molar-refractivity contribution in [3.05, 3.63) is 15.6 Å². The highest BCUT2D eigenvalue weighted by molar-refractivity contribution is 7.11. The average molecular weight is 224 g/mol. The lowest BCUT2D eigenvalue weighted by atomic mass is 9.67. The van der Waals surface area contributed by atoms with Crippen molar-refractivity contribution < 1.29 is 0 Å². The van der Waals surface area contributed by atoms with Crippen molar-refractivity contribution >= 4 is 11.3 Å². The zero-order chi connectivity index (χ0) is 11.3. The maximum absolute atomic E-state index is 5.67. The second-order valence-electron chi connectivity index (χ2n) is 5.99. The summed E-state index contributed by atoms with van der Waals surface area (Å²) in [6.07, 6.45) is 2.33. The summed E-state index contributed by atoms with van der Waals surface area (Å²) in [6.45, 7) is 9.89. The first-order valence-corrected chi connectivity index (χ1v) is 6.35. The van der Waals surface area contributed by atoms with Gasteiger partial charge < -0.3 is 5.73 Å². The lowest BCUT2D eigenvalue weighted by Gasteiger charge is -2.39. The Morgan fingerprint density at radius 1 is 1.33 bits per heavy atom. The largest absolute Gasteiger partial charge is 0.325 e. The molecule has 0 saturated heterocycles. The van der Waals surface area contributed by atoms with E-state index in [2.05, 4.69) is 32.7 Å². The lowest BCUT2D eigenvalue weighted by molar-refractivity contribution is 0.232. The maximum Gasteiger partial charge on any atom is 0.107 e. The van der Waals surface area contributed by atoms with Crippen molar-refractivity contribution in [3.63, 3.8) is 0 Å². The molecule has 0 aliphatic heterocycles. The molecule has 15 heavy (non-hydrogen) atoms. The van der Waals surface area contributed by atoms with Crippen LogP contribution in [0, 0.1) is 5.41 Å². The minimum Gasteiger partial charge on any atom is -0.325 e. The third-order valence-electron chi connectivity index (χ3n) is 3.10. The Morgan fingerprint density at radius 3 is 2.60 bits per heavy atom. The molecule has 3 heteroatoms. The Morgan fingerprint density at radius 2 is 2.00 bits per heavy atom. The van der Waals surface area contributed by atoms with E-state index in [-0.39, 0.29) is 5.41 Å². The van der Waals surface area contributed by atoms with E-state index in [4.69, 9.17) is 5.73 Å². The number of hydrogen-bond acceptors (Lipinski definition) is 3. The molecular formula is C12H20N2S. The zero-order valence-electron chi connectivity index (χ0n) is 10.1. The predicted molar refractivity (Wildman–Crippen MR) is 65.1 cm³/mol. The van der Waals surface area contributed by atoms with Gasteiger partial charge in [-0.1, -0.05) is 27.7 Å². The van der Waals surface area contributed by atoms with Gasteiger partial charge in [-0.3, -0.25) is 0 Å². The molecule has 1 aliphatic rings. The van der Waals surface area contributed by atoms with Crippen molar-refractivity contribution in [2.75, 3.05) is 0 Å². The Hall–Kier alpha value is -0.410. The summed E-state index contributed by atoms with van der Waals surface area (Å²) in [5.41, 5.74) is 7.60. The molecule has 0 spiro atoms. The van der Waals surface area contributed by atoms with Crippen molar-refractivity contribution in [3.8, 4) is 0 Å². The fraction of sp³-hybridized carbons (Fsp3) is 0.750. The van der Waals surface area contributed by atoms with Crippen LogP contribution in [0.15, 0.2) is 0 Å². The molecule has 1 aromatic heterocycles. The van der Waals surface area contributed by atoms with Gasteiger partial charge in [0.1, 0.15) is 5.01 Å². The van der Waals surface area contributed by atoms with Gasteiger partial charge in [-0.05, 0) is 18.3 Å². The molecule has 0 radical (unpaired) electrons. The normalized spacial score (nSPS) is 22.5. The molecule has 1 aromatic rings. The fourth-order valence-electron chi connectivity index (χ4n) is 2.93. The van der Waals surface area contributed by atoms with Crippen LogP contribution in [0.4, 0.5) is 0 Å². The summed E-state index contributed by atoms with van der Waals surface area (Å²) in [4.78, 5) is 6.11. The van der Waals surface area contributed by atoms with Crippen LogP contribution in [0.2, 0.25) is 0 Å². The molecule has 2 N–H and O–H groups in total. The predicted octanol–water partition coefficient (Wildman–Crippen LogP) is 2.85. The molecule has 1 heterocycles. The molecule has 0 amide bonds. The summed E-state index contributed by atoms with van der Waals surface area (Å²) < 4.78 is 0. The summed E-state index contributed by atoms with van der Waals surface area (Å²) in [5, 5.41) is 1.09. The molecule has 0 atom stereocenters. The Kier molecular flexibility index (Phi) is 2.43. The van der Waals surface area contributed by atoms with Gasteiger partial charge in [-0.15, -0.1) is 11.3 Å². The van der Waals surface area contributed by atoms with E-state index in [0.717, 1.165) is 11.4 Å². The van der Waals surface area contributed by atoms with Gasteiger partial charge in [0.25, 0.3) is 0 Å². The number of rotatable bonds is 1. The third-order valence-corrected chi connectivity index (χ3v) is 4.58. The van der Waals surface area contributed by atoms with Crippen molar-refractivity contribution in [2.45, 2.75) is 52.5 Å². The molecular weight excluding hydrogens is 204 g/mol. The number of thiazole rings is 1. The van der Waals surface area contributed by atoms with Crippen LogP contribution in [-0.2, 0) is 18.4 Å². The van der Waals surface area contributed by atoms with E-state index in [0.29, 0.717) is 12.0 Å². The molecule has 2 nitrogen and oxygen atoms in total. The van der Waals surface area contributed by atoms with Gasteiger partial charge in [0.15, 0.2) is 0 Å². The highest BCUT2D eigenvalue weighted by atomic mass is 32.1. The lowest BCUT2D eigenvalue weighted by Crippen LogP contribution is -2.33. The second-order valence-corrected chi connectivity index (χ2v) is 7.07. The van der Waals surface area contributed by atoms with E-state index >= 15 is 0 Å². The molecule has 0 fully saturated rings. The van der Waals surface area contributed by atoms with Gasteiger partial charge in [-0.25, -0.2) is 4.98 Å². The van der Waals surface area contributed by atoms with Crippen LogP contribution in [0.5, 0.6) is 0 Å². The number of fused-ring (bicyclic) bond motifs is 1. The first kappa shape index (κ1) is 11.1. The third kappa shape index (κ3) is 1.95. The first-order chi connectivity index (χ1) is 6.84. The van der Waals surface area contributed by atoms with Crippen molar-refractivity contribution in [2.24, 2.45) is 11.1 Å². The fourth-order valence-corrected chi connectivity index (χ4v) is 3.99. The van der Waals surface area contributed by atoms with Gasteiger partial charge in [-0.2, -0.15) is 0 Å². The van der Waals surface area contributed by atoms with Crippen LogP contribution >= 0.6 is 11.3 Å². The van der Waals surface area contributed by atoms with Crippen LogP contribution in [0.25, 0.3) is 0 Å². The molecule has 1 aliphatic carbocycles. The molecule has 0 unspecified atom stereocenters. The second kappa shape index (κ2) is 3.29. The number of nitrogens with zero attached hydrogens (tertiary/aromatic N) is 1. The minimum absolute atomic E-state index is 0.266. The van der Waals surface area contributed by atoms with Crippen molar-refractivity contribution in [1.29, 1.82) is 0 Å². The van der Waals surface area contributed by atoms with Gasteiger partial charge >= 0.3 is 0 Å². The van der Waals surface area contributed by atoms with E-state index in [1.54, 1.807) is 11.3 Å². The highest BCUT2D eigenvalue weighted by Gasteiger charge is 2.39. The Bertz CT molecular complexity index is 377. The van der Waals surface area contributed by atoms with Crippen LogP contribution in [0.1, 0.15) is 49.7 Å². The summed E-state index contributed by atoms with van der Waals surface area (Å²) in [6, 6.07) is 0. The topological polar surface area (TPSA) is 38.9 Å². The average Bonchev–Trinajstić information content (AvgIpc) is 2.44. The van der Waals surface area contributed by atoms with E-state index in [9.17, 15) is 0 Å². The van der Waals surface area contributed by atoms with Gasteiger partial charge in [0.05, 0.1) is 5.69 Å². The first-order valence-electron chi connectivity index (χ1n) is 5.53. The number of hydrogen-bond donors (Lipinski definition) is 1. The van der Waals surface area contributed by atoms with Crippen LogP contribution in [-0.4, -0.2) is 4.98 Å². The Balaban J connectivity index is 2.48. The smallest absolute Gasteiger partial charge is 0.107 e. The van der Waals surface area contributed by atoms with E-state index in [1.165, 1.54) is 17.0 Å². The summed E-state index contributed by atoms with van der Waals surface area (Å²) in [7, 11) is 0. The highest BCUT2D eigenvalue weighted by Crippen LogP contribution is 2.47. The quantitative estimate of drug-likeness (QED) is 0.796. The van der Waals surface area contributed by atoms with Gasteiger partial charge in [0, 0.05) is 16.8 Å². The standard InChI is InChI=1S/C12H20N2S/c1-11(2)5-8-10(12(3,4)7-11)15-9(6-13)14-8/h5-7,13H2,1-4H3. The molecule has 0 bridgehead atoms.